The first kappa shape index (κ1) is 12.2. The van der Waals surface area contributed by atoms with Gasteiger partial charge in [0.1, 0.15) is 0 Å². The third-order valence-electron chi connectivity index (χ3n) is 0.787. The van der Waals surface area contributed by atoms with Crippen LogP contribution in [0.2, 0.25) is 0 Å². The van der Waals surface area contributed by atoms with Crippen LogP contribution in [0.4, 0.5) is 5.82 Å². The molecule has 1 aromatic heterocycles. The van der Waals surface area contributed by atoms with Crippen molar-refractivity contribution in [1.82, 2.24) is 9.97 Å². The summed E-state index contributed by atoms with van der Waals surface area (Å²) in [5, 5.41) is 2.84. The smallest absolute Gasteiger partial charge is 0.425 e. The van der Waals surface area contributed by atoms with Gasteiger partial charge >= 0.3 is 18.6 Å². The van der Waals surface area contributed by atoms with Gasteiger partial charge in [0.2, 0.25) is 0 Å². The molecule has 0 amide bonds. The molecule has 1 radical (unpaired) electrons. The van der Waals surface area contributed by atoms with Crippen LogP contribution in [0.15, 0.2) is 12.4 Å². The van der Waals surface area contributed by atoms with Gasteiger partial charge in [0, 0.05) is 12.1 Å². The predicted octanol–water partition coefficient (Wildman–Crippen LogP) is 0.766. The second kappa shape index (κ2) is 6.58. The summed E-state index contributed by atoms with van der Waals surface area (Å²) in [7, 11) is 1.80. The Kier molecular flexibility index (Phi) is 8.01. The van der Waals surface area contributed by atoms with E-state index in [2.05, 4.69) is 21.5 Å². The van der Waals surface area contributed by atoms with Gasteiger partial charge in [-0.3, -0.25) is 0 Å². The van der Waals surface area contributed by atoms with Crippen molar-refractivity contribution in [3.8, 4) is 0 Å². The van der Waals surface area contributed by atoms with Gasteiger partial charge in [0.25, 0.3) is 0 Å². The number of rotatable bonds is 1. The largest absolute Gasteiger partial charge is 2.00 e. The van der Waals surface area contributed by atoms with Crippen LogP contribution in [-0.4, -0.2) is 17.0 Å². The first-order valence-corrected chi connectivity index (χ1v) is 2.29. The Labute approximate surface area is 73.2 Å². The van der Waals surface area contributed by atoms with E-state index in [1.807, 2.05) is 0 Å². The summed E-state index contributed by atoms with van der Waals surface area (Å²) in [5.41, 5.74) is 0. The maximum absolute atomic E-state index is 3.84. The standard InChI is InChI=1S/C5H6N3.CH3.V/c1-6-5-2-3-7-4-8-5;;/h2,4H,1H3,(H,6,7,8);1H3;/q2*-1;+2. The van der Waals surface area contributed by atoms with E-state index in [0.717, 1.165) is 5.82 Å². The fourth-order valence-electron chi connectivity index (χ4n) is 0.397. The van der Waals surface area contributed by atoms with E-state index in [1.165, 1.54) is 6.33 Å². The minimum Gasteiger partial charge on any atom is -0.425 e. The van der Waals surface area contributed by atoms with Gasteiger partial charge in [-0.2, -0.15) is 0 Å². The molecule has 0 aromatic carbocycles. The molecule has 1 aromatic rings. The fourth-order valence-corrected chi connectivity index (χ4v) is 0.397. The minimum atomic E-state index is 0. The maximum atomic E-state index is 3.84. The third kappa shape index (κ3) is 3.48. The summed E-state index contributed by atoms with van der Waals surface area (Å²) in [5.74, 6) is 0.792. The van der Waals surface area contributed by atoms with Gasteiger partial charge in [0.15, 0.2) is 0 Å². The Hall–Kier alpha value is -0.536. The summed E-state index contributed by atoms with van der Waals surface area (Å²) in [6.45, 7) is 0. The summed E-state index contributed by atoms with van der Waals surface area (Å²) in [6, 6.07) is 1.68. The zero-order chi connectivity index (χ0) is 5.82. The van der Waals surface area contributed by atoms with E-state index in [-0.39, 0.29) is 26.0 Å². The maximum Gasteiger partial charge on any atom is 2.00 e. The average molecular weight is 174 g/mol. The molecule has 53 valence electrons. The van der Waals surface area contributed by atoms with E-state index >= 15 is 0 Å². The van der Waals surface area contributed by atoms with Crippen LogP contribution in [0.1, 0.15) is 0 Å². The first-order valence-electron chi connectivity index (χ1n) is 2.29. The Morgan fingerprint density at radius 2 is 2.30 bits per heavy atom. The molecule has 0 aliphatic rings. The van der Waals surface area contributed by atoms with Gasteiger partial charge in [0.05, 0.1) is 0 Å². The first-order chi connectivity index (χ1) is 3.93. The molecule has 3 nitrogen and oxygen atoms in total. The molecule has 4 heteroatoms. The molecule has 1 N–H and O–H groups in total. The van der Waals surface area contributed by atoms with Crippen molar-refractivity contribution >= 4 is 5.82 Å². The molecule has 0 aliphatic heterocycles. The van der Waals surface area contributed by atoms with Crippen molar-refractivity contribution in [3.63, 3.8) is 0 Å². The van der Waals surface area contributed by atoms with Crippen LogP contribution >= 0.6 is 0 Å². The molecule has 0 spiro atoms. The van der Waals surface area contributed by atoms with E-state index < -0.39 is 0 Å². The van der Waals surface area contributed by atoms with E-state index in [9.17, 15) is 0 Å². The molecule has 0 saturated carbocycles. The molecule has 1 heterocycles. The zero-order valence-corrected chi connectivity index (χ0v) is 7.39. The van der Waals surface area contributed by atoms with Gasteiger partial charge in [-0.1, -0.05) is 6.20 Å². The summed E-state index contributed by atoms with van der Waals surface area (Å²) < 4.78 is 0. The predicted molar refractivity (Wildman–Crippen MR) is 36.8 cm³/mol. The Bertz CT molecular complexity index is 154. The van der Waals surface area contributed by atoms with Crippen molar-refractivity contribution in [3.05, 3.63) is 26.0 Å². The van der Waals surface area contributed by atoms with Gasteiger partial charge in [-0.05, 0) is 7.05 Å². The number of aromatic nitrogens is 2. The Morgan fingerprint density at radius 3 is 2.60 bits per heavy atom. The molecule has 0 atom stereocenters. The molecule has 10 heavy (non-hydrogen) atoms. The van der Waals surface area contributed by atoms with E-state index in [4.69, 9.17) is 0 Å². The normalized spacial score (nSPS) is 6.90. The molecule has 0 unspecified atom stereocenters. The van der Waals surface area contributed by atoms with E-state index in [1.54, 1.807) is 13.1 Å². The van der Waals surface area contributed by atoms with Crippen molar-refractivity contribution in [2.75, 3.05) is 12.4 Å². The fraction of sp³-hybridized carbons (Fsp3) is 0.167. The quantitative estimate of drug-likeness (QED) is 0.639. The molecule has 0 fully saturated rings. The monoisotopic (exact) mass is 174 g/mol. The van der Waals surface area contributed by atoms with Crippen LogP contribution in [0.3, 0.4) is 0 Å². The molecular formula is C6H9N3V. The number of anilines is 1. The Balaban J connectivity index is 0. The van der Waals surface area contributed by atoms with Crippen molar-refractivity contribution in [1.29, 1.82) is 0 Å². The van der Waals surface area contributed by atoms with Gasteiger partial charge in [-0.25, -0.2) is 0 Å². The van der Waals surface area contributed by atoms with Gasteiger partial charge in [-0.15, -0.1) is 6.07 Å². The van der Waals surface area contributed by atoms with Crippen LogP contribution in [0.25, 0.3) is 0 Å². The molecule has 1 rings (SSSR count). The summed E-state index contributed by atoms with van der Waals surface area (Å²) in [6.07, 6.45) is 4.09. The molecule has 0 saturated heterocycles. The van der Waals surface area contributed by atoms with Crippen LogP contribution in [-0.2, 0) is 18.6 Å². The molecule has 0 aliphatic carbocycles. The second-order valence-corrected chi connectivity index (χ2v) is 1.28. The SMILES string of the molecule is CNc1c[c-]ncn1.[CH3-].[V+2]. The van der Waals surface area contributed by atoms with E-state index in [0.29, 0.717) is 0 Å². The molecule has 0 bridgehead atoms. The van der Waals surface area contributed by atoms with Crippen LogP contribution < -0.4 is 5.32 Å². The van der Waals surface area contributed by atoms with Gasteiger partial charge < -0.3 is 22.7 Å². The minimum absolute atomic E-state index is 0. The number of nitrogens with one attached hydrogen (secondary N) is 1. The van der Waals surface area contributed by atoms with Crippen LogP contribution in [0, 0.1) is 13.6 Å². The topological polar surface area (TPSA) is 37.8 Å². The second-order valence-electron chi connectivity index (χ2n) is 1.28. The average Bonchev–Trinajstić information content (AvgIpc) is 1.90. The Morgan fingerprint density at radius 1 is 1.60 bits per heavy atom. The van der Waals surface area contributed by atoms with Crippen molar-refractivity contribution < 1.29 is 18.6 Å². The molecular weight excluding hydrogens is 165 g/mol. The van der Waals surface area contributed by atoms with Crippen molar-refractivity contribution in [2.24, 2.45) is 0 Å². The zero-order valence-electron chi connectivity index (χ0n) is 6.00. The van der Waals surface area contributed by atoms with Crippen LogP contribution in [0.5, 0.6) is 0 Å². The summed E-state index contributed by atoms with van der Waals surface area (Å²) >= 11 is 0. The van der Waals surface area contributed by atoms with Crippen molar-refractivity contribution in [2.45, 2.75) is 0 Å². The third-order valence-corrected chi connectivity index (χ3v) is 0.787. The number of hydrogen-bond acceptors (Lipinski definition) is 3. The number of hydrogen-bond donors (Lipinski definition) is 1. The number of nitrogens with zero attached hydrogens (tertiary/aromatic N) is 2. The summed E-state index contributed by atoms with van der Waals surface area (Å²) in [4.78, 5) is 7.46.